The molecule has 1 aromatic heterocycles. The number of hydrogen-bond donors (Lipinski definition) is 1. The summed E-state index contributed by atoms with van der Waals surface area (Å²) in [5.41, 5.74) is 2.47. The molecule has 1 unspecified atom stereocenters. The summed E-state index contributed by atoms with van der Waals surface area (Å²) >= 11 is 1.70. The van der Waals surface area contributed by atoms with E-state index in [1.54, 1.807) is 25.6 Å². The van der Waals surface area contributed by atoms with E-state index in [-0.39, 0.29) is 29.4 Å². The Morgan fingerprint density at radius 3 is 2.43 bits per heavy atom. The van der Waals surface area contributed by atoms with E-state index >= 15 is 0 Å². The predicted molar refractivity (Wildman–Crippen MR) is 135 cm³/mol. The number of rotatable bonds is 5. The highest BCUT2D eigenvalue weighted by atomic mass is 127. The number of benzene rings is 1. The van der Waals surface area contributed by atoms with E-state index in [4.69, 9.17) is 14.5 Å². The summed E-state index contributed by atoms with van der Waals surface area (Å²) in [5, 5.41) is 6.73. The van der Waals surface area contributed by atoms with Crippen LogP contribution < -0.4 is 14.8 Å². The highest BCUT2D eigenvalue weighted by Gasteiger charge is 2.27. The minimum Gasteiger partial charge on any atom is -0.497 e. The predicted octanol–water partition coefficient (Wildman–Crippen LogP) is 4.64. The van der Waals surface area contributed by atoms with E-state index in [0.717, 1.165) is 47.7 Å². The van der Waals surface area contributed by atoms with Crippen LogP contribution >= 0.6 is 35.3 Å². The standard InChI is InChI=1S/C22H32N4O2S.HI/c1-22(2,3)19-14-29-20(25-19)12-24-21(23-4)26-8-7-15(13-26)16-9-17(27-5)11-18(10-16)28-6;/h9-11,14-15H,7-8,12-13H2,1-6H3,(H,23,24);1H. The van der Waals surface area contributed by atoms with Crippen molar-refractivity contribution in [3.63, 3.8) is 0 Å². The van der Waals surface area contributed by atoms with Gasteiger partial charge in [-0.3, -0.25) is 4.99 Å². The Labute approximate surface area is 201 Å². The molecule has 0 radical (unpaired) electrons. The van der Waals surface area contributed by atoms with Crippen molar-refractivity contribution < 1.29 is 9.47 Å². The van der Waals surface area contributed by atoms with Crippen molar-refractivity contribution in [2.45, 2.75) is 45.1 Å². The number of aliphatic imine (C=N–C) groups is 1. The first-order chi connectivity index (χ1) is 13.8. The van der Waals surface area contributed by atoms with E-state index in [9.17, 15) is 0 Å². The van der Waals surface area contributed by atoms with Gasteiger partial charge in [0.1, 0.15) is 16.5 Å². The van der Waals surface area contributed by atoms with Crippen LogP contribution in [0.25, 0.3) is 0 Å². The van der Waals surface area contributed by atoms with Gasteiger partial charge in [0.25, 0.3) is 0 Å². The zero-order valence-corrected chi connectivity index (χ0v) is 21.8. The van der Waals surface area contributed by atoms with Gasteiger partial charge in [0.15, 0.2) is 5.96 Å². The van der Waals surface area contributed by atoms with Gasteiger partial charge in [-0.25, -0.2) is 4.98 Å². The van der Waals surface area contributed by atoms with Crippen LogP contribution in [0.3, 0.4) is 0 Å². The summed E-state index contributed by atoms with van der Waals surface area (Å²) in [6.07, 6.45) is 1.07. The highest BCUT2D eigenvalue weighted by molar-refractivity contribution is 14.0. The summed E-state index contributed by atoms with van der Waals surface area (Å²) < 4.78 is 10.9. The maximum atomic E-state index is 5.43. The van der Waals surface area contributed by atoms with E-state index in [1.807, 2.05) is 13.1 Å². The Morgan fingerprint density at radius 2 is 1.90 bits per heavy atom. The van der Waals surface area contributed by atoms with Crippen molar-refractivity contribution in [2.24, 2.45) is 4.99 Å². The average molecular weight is 545 g/mol. The lowest BCUT2D eigenvalue weighted by Gasteiger charge is -2.21. The van der Waals surface area contributed by atoms with Crippen molar-refractivity contribution in [1.29, 1.82) is 0 Å². The number of likely N-dealkylation sites (tertiary alicyclic amines) is 1. The van der Waals surface area contributed by atoms with Crippen LogP contribution in [0, 0.1) is 0 Å². The third-order valence-corrected chi connectivity index (χ3v) is 6.11. The van der Waals surface area contributed by atoms with Crippen LogP contribution in [0.2, 0.25) is 0 Å². The van der Waals surface area contributed by atoms with Gasteiger partial charge in [0.2, 0.25) is 0 Å². The van der Waals surface area contributed by atoms with Crippen LogP contribution in [-0.2, 0) is 12.0 Å². The Kier molecular flexibility index (Phi) is 8.78. The smallest absolute Gasteiger partial charge is 0.194 e. The lowest BCUT2D eigenvalue weighted by Crippen LogP contribution is -2.39. The number of aromatic nitrogens is 1. The number of halogens is 1. The van der Waals surface area contributed by atoms with Crippen LogP contribution in [-0.4, -0.2) is 50.2 Å². The second kappa shape index (κ2) is 10.7. The third kappa shape index (κ3) is 6.00. The summed E-state index contributed by atoms with van der Waals surface area (Å²) in [6, 6.07) is 6.13. The number of guanidine groups is 1. The second-order valence-corrected chi connectivity index (χ2v) is 9.30. The van der Waals surface area contributed by atoms with E-state index in [2.05, 4.69) is 53.5 Å². The molecule has 1 N–H and O–H groups in total. The monoisotopic (exact) mass is 544 g/mol. The lowest BCUT2D eigenvalue weighted by molar-refractivity contribution is 0.392. The van der Waals surface area contributed by atoms with E-state index in [0.29, 0.717) is 12.5 Å². The topological polar surface area (TPSA) is 59.0 Å². The van der Waals surface area contributed by atoms with Crippen molar-refractivity contribution in [1.82, 2.24) is 15.2 Å². The third-order valence-electron chi connectivity index (χ3n) is 5.26. The average Bonchev–Trinajstić information content (AvgIpc) is 3.38. The number of thiazole rings is 1. The summed E-state index contributed by atoms with van der Waals surface area (Å²) in [4.78, 5) is 11.6. The number of ether oxygens (including phenoxy) is 2. The van der Waals surface area contributed by atoms with Gasteiger partial charge in [-0.1, -0.05) is 20.8 Å². The Bertz CT molecular complexity index is 841. The molecule has 6 nitrogen and oxygen atoms in total. The van der Waals surface area contributed by atoms with Gasteiger partial charge < -0.3 is 19.7 Å². The highest BCUT2D eigenvalue weighted by Crippen LogP contribution is 2.33. The first kappa shape index (κ1) is 24.7. The van der Waals surface area contributed by atoms with Gasteiger partial charge in [0, 0.05) is 42.9 Å². The minimum absolute atomic E-state index is 0. The van der Waals surface area contributed by atoms with E-state index in [1.165, 1.54) is 5.56 Å². The van der Waals surface area contributed by atoms with Crippen LogP contribution in [0.1, 0.15) is 49.4 Å². The maximum Gasteiger partial charge on any atom is 0.194 e. The van der Waals surface area contributed by atoms with Crippen molar-refractivity contribution in [3.8, 4) is 11.5 Å². The molecule has 0 bridgehead atoms. The molecule has 0 amide bonds. The minimum atomic E-state index is 0. The molecule has 1 fully saturated rings. The van der Waals surface area contributed by atoms with Gasteiger partial charge in [0.05, 0.1) is 26.5 Å². The number of nitrogens with one attached hydrogen (secondary N) is 1. The van der Waals surface area contributed by atoms with E-state index < -0.39 is 0 Å². The fourth-order valence-corrected chi connectivity index (χ4v) is 4.47. The van der Waals surface area contributed by atoms with Crippen LogP contribution in [0.4, 0.5) is 0 Å². The molecule has 2 aromatic rings. The molecule has 1 aromatic carbocycles. The maximum absolute atomic E-state index is 5.43. The molecule has 2 heterocycles. The molecule has 1 atom stereocenters. The largest absolute Gasteiger partial charge is 0.497 e. The number of nitrogens with zero attached hydrogens (tertiary/aromatic N) is 3. The molecule has 0 spiro atoms. The molecule has 1 saturated heterocycles. The molecule has 1 aliphatic heterocycles. The SMILES string of the molecule is CN=C(NCc1nc(C(C)(C)C)cs1)N1CCC(c2cc(OC)cc(OC)c2)C1.I. The zero-order valence-electron chi connectivity index (χ0n) is 18.7. The lowest BCUT2D eigenvalue weighted by atomic mass is 9.93. The Balaban J connectivity index is 0.00000320. The van der Waals surface area contributed by atoms with Crippen molar-refractivity contribution in [2.75, 3.05) is 34.4 Å². The fraction of sp³-hybridized carbons (Fsp3) is 0.545. The fourth-order valence-electron chi connectivity index (χ4n) is 3.51. The normalized spacial score (nSPS) is 16.9. The van der Waals surface area contributed by atoms with Gasteiger partial charge in [-0.2, -0.15) is 0 Å². The molecule has 3 rings (SSSR count). The molecular formula is C22H33IN4O2S. The first-order valence-corrected chi connectivity index (χ1v) is 10.9. The second-order valence-electron chi connectivity index (χ2n) is 8.35. The zero-order chi connectivity index (χ0) is 21.0. The van der Waals surface area contributed by atoms with Gasteiger partial charge in [-0.15, -0.1) is 35.3 Å². The molecule has 30 heavy (non-hydrogen) atoms. The molecule has 166 valence electrons. The van der Waals surface area contributed by atoms with Crippen molar-refractivity contribution >= 4 is 41.3 Å². The van der Waals surface area contributed by atoms with Crippen LogP contribution in [0.5, 0.6) is 11.5 Å². The molecule has 0 aliphatic carbocycles. The first-order valence-electron chi connectivity index (χ1n) is 9.97. The molecule has 8 heteroatoms. The summed E-state index contributed by atoms with van der Waals surface area (Å²) in [6.45, 7) is 9.15. The van der Waals surface area contributed by atoms with Crippen LogP contribution in [0.15, 0.2) is 28.6 Å². The number of hydrogen-bond acceptors (Lipinski definition) is 5. The summed E-state index contributed by atoms with van der Waals surface area (Å²) in [7, 11) is 5.22. The number of methoxy groups -OCH3 is 2. The Morgan fingerprint density at radius 1 is 1.23 bits per heavy atom. The molecular weight excluding hydrogens is 511 g/mol. The molecule has 0 saturated carbocycles. The van der Waals surface area contributed by atoms with Crippen molar-refractivity contribution in [3.05, 3.63) is 39.8 Å². The van der Waals surface area contributed by atoms with Gasteiger partial charge >= 0.3 is 0 Å². The summed E-state index contributed by atoms with van der Waals surface area (Å²) in [5.74, 6) is 3.01. The quantitative estimate of drug-likeness (QED) is 0.338. The molecule has 1 aliphatic rings. The van der Waals surface area contributed by atoms with Gasteiger partial charge in [-0.05, 0) is 24.1 Å². The Hall–Kier alpha value is -1.55.